The average molecular weight is 488 g/mol. The van der Waals surface area contributed by atoms with Crippen molar-refractivity contribution in [2.45, 2.75) is 26.4 Å². The molecule has 0 amide bonds. The summed E-state index contributed by atoms with van der Waals surface area (Å²) in [7, 11) is 3.23. The minimum Gasteiger partial charge on any atom is -0.493 e. The van der Waals surface area contributed by atoms with Crippen molar-refractivity contribution in [3.63, 3.8) is 0 Å². The average Bonchev–Trinajstić information content (AvgIpc) is 3.16. The lowest BCUT2D eigenvalue weighted by Crippen LogP contribution is -2.23. The summed E-state index contributed by atoms with van der Waals surface area (Å²) in [5, 5.41) is 1.65. The second kappa shape index (κ2) is 9.47. The summed E-state index contributed by atoms with van der Waals surface area (Å²) in [6.45, 7) is 3.07. The van der Waals surface area contributed by atoms with E-state index in [9.17, 15) is 4.79 Å². The number of benzene rings is 3. The summed E-state index contributed by atoms with van der Waals surface area (Å²) in [5.41, 5.74) is 5.43. The van der Waals surface area contributed by atoms with E-state index >= 15 is 0 Å². The highest BCUT2D eigenvalue weighted by atomic mass is 35.5. The van der Waals surface area contributed by atoms with Crippen LogP contribution in [0.15, 0.2) is 71.8 Å². The summed E-state index contributed by atoms with van der Waals surface area (Å²) >= 11 is 6.23. The highest BCUT2D eigenvalue weighted by molar-refractivity contribution is 6.30. The minimum absolute atomic E-state index is 0.0636. The quantitative estimate of drug-likeness (QED) is 0.299. The fourth-order valence-electron chi connectivity index (χ4n) is 4.54. The summed E-state index contributed by atoms with van der Waals surface area (Å²) in [5.74, 6) is 1.35. The molecule has 0 spiro atoms. The van der Waals surface area contributed by atoms with Crippen LogP contribution >= 0.6 is 11.6 Å². The van der Waals surface area contributed by atoms with Gasteiger partial charge in [0.15, 0.2) is 11.5 Å². The third-order valence-corrected chi connectivity index (χ3v) is 6.54. The van der Waals surface area contributed by atoms with Gasteiger partial charge in [-0.2, -0.15) is 0 Å². The molecule has 0 aliphatic heterocycles. The van der Waals surface area contributed by atoms with Crippen LogP contribution in [0.25, 0.3) is 21.9 Å². The van der Waals surface area contributed by atoms with Crippen LogP contribution in [-0.4, -0.2) is 28.3 Å². The standard InChI is InChI=1S/C28H26ClN3O3/c1-18-7-9-23-22(13-18)26-27(32(23)16-20-5-4-6-21(29)14-20)28(33)31(17-30-26)12-11-19-8-10-24(34-2)25(15-19)35-3/h4-10,13-15,17H,11-12,16H2,1-3H3. The molecular weight excluding hydrogens is 462 g/mol. The van der Waals surface area contributed by atoms with E-state index in [1.54, 1.807) is 25.1 Å². The number of rotatable bonds is 7. The maximum Gasteiger partial charge on any atom is 0.277 e. The molecule has 3 aromatic carbocycles. The summed E-state index contributed by atoms with van der Waals surface area (Å²) in [6, 6.07) is 19.7. The minimum atomic E-state index is -0.0636. The molecule has 5 rings (SSSR count). The van der Waals surface area contributed by atoms with Crippen molar-refractivity contribution in [3.05, 3.63) is 99.1 Å². The van der Waals surface area contributed by atoms with Crippen molar-refractivity contribution in [2.75, 3.05) is 14.2 Å². The number of aryl methyl sites for hydroxylation is 3. The molecule has 0 atom stereocenters. The molecule has 0 saturated carbocycles. The van der Waals surface area contributed by atoms with Gasteiger partial charge in [0.2, 0.25) is 0 Å². The first-order valence-electron chi connectivity index (χ1n) is 11.4. The number of nitrogens with zero attached hydrogens (tertiary/aromatic N) is 3. The molecule has 7 heteroatoms. The van der Waals surface area contributed by atoms with Crippen molar-refractivity contribution < 1.29 is 9.47 Å². The Morgan fingerprint density at radius 3 is 2.54 bits per heavy atom. The van der Waals surface area contributed by atoms with Crippen LogP contribution in [0, 0.1) is 6.92 Å². The van der Waals surface area contributed by atoms with Crippen LogP contribution in [0.4, 0.5) is 0 Å². The molecule has 0 unspecified atom stereocenters. The lowest BCUT2D eigenvalue weighted by atomic mass is 10.1. The van der Waals surface area contributed by atoms with Gasteiger partial charge in [-0.3, -0.25) is 9.36 Å². The zero-order chi connectivity index (χ0) is 24.5. The number of hydrogen-bond acceptors (Lipinski definition) is 4. The fourth-order valence-corrected chi connectivity index (χ4v) is 4.75. The Labute approximate surface area is 208 Å². The second-order valence-electron chi connectivity index (χ2n) is 8.62. The van der Waals surface area contributed by atoms with E-state index in [2.05, 4.69) is 22.8 Å². The highest BCUT2D eigenvalue weighted by Crippen LogP contribution is 2.29. The van der Waals surface area contributed by atoms with Gasteiger partial charge in [-0.15, -0.1) is 0 Å². The second-order valence-corrected chi connectivity index (χ2v) is 9.05. The number of ether oxygens (including phenoxy) is 2. The Morgan fingerprint density at radius 2 is 1.77 bits per heavy atom. The summed E-state index contributed by atoms with van der Waals surface area (Å²) in [4.78, 5) is 18.5. The molecule has 0 fully saturated rings. The van der Waals surface area contributed by atoms with Crippen LogP contribution in [0.3, 0.4) is 0 Å². The van der Waals surface area contributed by atoms with Gasteiger partial charge in [0.05, 0.1) is 26.1 Å². The number of hydrogen-bond donors (Lipinski definition) is 0. The summed E-state index contributed by atoms with van der Waals surface area (Å²) in [6.07, 6.45) is 2.30. The van der Waals surface area contributed by atoms with Crippen LogP contribution in [-0.2, 0) is 19.5 Å². The van der Waals surface area contributed by atoms with E-state index in [1.807, 2.05) is 49.4 Å². The van der Waals surface area contributed by atoms with E-state index in [1.165, 1.54) is 0 Å². The molecule has 0 bridgehead atoms. The number of methoxy groups -OCH3 is 2. The molecule has 0 radical (unpaired) electrons. The Balaban J connectivity index is 1.58. The fraction of sp³-hybridized carbons (Fsp3) is 0.214. The number of aromatic nitrogens is 3. The maximum absolute atomic E-state index is 13.7. The van der Waals surface area contributed by atoms with Gasteiger partial charge < -0.3 is 14.0 Å². The van der Waals surface area contributed by atoms with Crippen LogP contribution < -0.4 is 15.0 Å². The van der Waals surface area contributed by atoms with E-state index in [0.29, 0.717) is 41.5 Å². The van der Waals surface area contributed by atoms with E-state index in [4.69, 9.17) is 26.1 Å². The van der Waals surface area contributed by atoms with Gasteiger partial charge in [-0.05, 0) is 60.9 Å². The van der Waals surface area contributed by atoms with Crippen molar-refractivity contribution in [3.8, 4) is 11.5 Å². The molecule has 0 aliphatic rings. The monoisotopic (exact) mass is 487 g/mol. The zero-order valence-corrected chi connectivity index (χ0v) is 20.7. The number of halogens is 1. The van der Waals surface area contributed by atoms with Gasteiger partial charge in [0, 0.05) is 23.5 Å². The molecular formula is C28H26ClN3O3. The maximum atomic E-state index is 13.7. The molecule has 2 heterocycles. The van der Waals surface area contributed by atoms with Crippen LogP contribution in [0.2, 0.25) is 5.02 Å². The van der Waals surface area contributed by atoms with Crippen molar-refractivity contribution in [2.24, 2.45) is 0 Å². The Hall–Kier alpha value is -3.77. The first kappa shape index (κ1) is 23.0. The number of fused-ring (bicyclic) bond motifs is 3. The molecule has 0 saturated heterocycles. The molecule has 35 heavy (non-hydrogen) atoms. The van der Waals surface area contributed by atoms with Crippen molar-refractivity contribution in [1.29, 1.82) is 0 Å². The lowest BCUT2D eigenvalue weighted by Gasteiger charge is -2.11. The first-order valence-corrected chi connectivity index (χ1v) is 11.8. The van der Waals surface area contributed by atoms with Gasteiger partial charge >= 0.3 is 0 Å². The largest absolute Gasteiger partial charge is 0.493 e. The van der Waals surface area contributed by atoms with Gasteiger partial charge in [0.25, 0.3) is 5.56 Å². The Kier molecular flexibility index (Phi) is 6.22. The van der Waals surface area contributed by atoms with Gasteiger partial charge in [-0.25, -0.2) is 4.98 Å². The molecule has 5 aromatic rings. The highest BCUT2D eigenvalue weighted by Gasteiger charge is 2.17. The molecule has 178 valence electrons. The molecule has 2 aromatic heterocycles. The summed E-state index contributed by atoms with van der Waals surface area (Å²) < 4.78 is 14.5. The van der Waals surface area contributed by atoms with Crippen LogP contribution in [0.5, 0.6) is 11.5 Å². The first-order chi connectivity index (χ1) is 17.0. The normalized spacial score (nSPS) is 11.3. The van der Waals surface area contributed by atoms with E-state index in [0.717, 1.165) is 33.1 Å². The van der Waals surface area contributed by atoms with Crippen molar-refractivity contribution >= 4 is 33.5 Å². The van der Waals surface area contributed by atoms with E-state index < -0.39 is 0 Å². The third-order valence-electron chi connectivity index (χ3n) is 6.30. The van der Waals surface area contributed by atoms with Crippen molar-refractivity contribution in [1.82, 2.24) is 14.1 Å². The Bertz CT molecular complexity index is 1600. The topological polar surface area (TPSA) is 58.3 Å². The molecule has 0 N–H and O–H groups in total. The van der Waals surface area contributed by atoms with Gasteiger partial charge in [0.1, 0.15) is 11.0 Å². The van der Waals surface area contributed by atoms with E-state index in [-0.39, 0.29) is 5.56 Å². The predicted molar refractivity (Wildman–Crippen MR) is 140 cm³/mol. The smallest absolute Gasteiger partial charge is 0.277 e. The van der Waals surface area contributed by atoms with Crippen LogP contribution in [0.1, 0.15) is 16.7 Å². The van der Waals surface area contributed by atoms with Gasteiger partial charge in [-0.1, -0.05) is 41.4 Å². The third kappa shape index (κ3) is 4.37. The Morgan fingerprint density at radius 1 is 0.943 bits per heavy atom. The molecule has 6 nitrogen and oxygen atoms in total. The predicted octanol–water partition coefficient (Wildman–Crippen LogP) is 5.62. The lowest BCUT2D eigenvalue weighted by molar-refractivity contribution is 0.354. The molecule has 0 aliphatic carbocycles. The zero-order valence-electron chi connectivity index (χ0n) is 19.9. The SMILES string of the molecule is COc1ccc(CCn2cnc3c4cc(C)ccc4n(Cc4cccc(Cl)c4)c3c2=O)cc1OC.